The van der Waals surface area contributed by atoms with Crippen molar-refractivity contribution in [3.05, 3.63) is 59.3 Å². The third kappa shape index (κ3) is 5.02. The first-order chi connectivity index (χ1) is 13.0. The van der Waals surface area contributed by atoms with Crippen LogP contribution in [-0.2, 0) is 0 Å². The van der Waals surface area contributed by atoms with Crippen molar-refractivity contribution in [2.75, 3.05) is 0 Å². The van der Waals surface area contributed by atoms with Gasteiger partial charge in [-0.2, -0.15) is 0 Å². The van der Waals surface area contributed by atoms with Crippen LogP contribution in [0, 0.1) is 5.82 Å². The summed E-state index contributed by atoms with van der Waals surface area (Å²) in [5.74, 6) is 0.311. The quantitative estimate of drug-likeness (QED) is 0.408. The molecule has 0 aliphatic rings. The minimum atomic E-state index is -0.311. The van der Waals surface area contributed by atoms with E-state index in [9.17, 15) is 9.18 Å². The fraction of sp³-hybridized carbons (Fsp3) is 0.316. The summed E-state index contributed by atoms with van der Waals surface area (Å²) in [6.07, 6.45) is 6.40. The molecular formula is C19H20ClFN4O2. The lowest BCUT2D eigenvalue weighted by atomic mass is 10.0. The zero-order valence-corrected chi connectivity index (χ0v) is 15.4. The van der Waals surface area contributed by atoms with Crippen LogP contribution in [0.4, 0.5) is 4.39 Å². The summed E-state index contributed by atoms with van der Waals surface area (Å²) < 4.78 is 18.0. The van der Waals surface area contributed by atoms with E-state index in [1.54, 1.807) is 12.1 Å². The highest BCUT2D eigenvalue weighted by atomic mass is 35.5. The number of hydrogen-bond acceptors (Lipinski definition) is 5. The second-order valence-electron chi connectivity index (χ2n) is 6.26. The van der Waals surface area contributed by atoms with E-state index in [0.717, 1.165) is 24.8 Å². The van der Waals surface area contributed by atoms with E-state index in [2.05, 4.69) is 15.0 Å². The van der Waals surface area contributed by atoms with Gasteiger partial charge in [0.05, 0.1) is 11.9 Å². The number of rotatable bonds is 9. The molecule has 0 saturated heterocycles. The number of nitrogens with zero attached hydrogens (tertiary/aromatic N) is 2. The molecule has 1 atom stereocenters. The maximum atomic E-state index is 13.0. The summed E-state index contributed by atoms with van der Waals surface area (Å²) in [4.78, 5) is 23.0. The Balaban J connectivity index is 1.47. The molecule has 0 radical (unpaired) electrons. The van der Waals surface area contributed by atoms with Crippen molar-refractivity contribution < 1.29 is 13.6 Å². The predicted molar refractivity (Wildman–Crippen MR) is 99.8 cm³/mol. The maximum Gasteiger partial charge on any atom is 0.263 e. The van der Waals surface area contributed by atoms with Gasteiger partial charge in [0.1, 0.15) is 17.9 Å². The summed E-state index contributed by atoms with van der Waals surface area (Å²) in [5.41, 5.74) is 7.62. The smallest absolute Gasteiger partial charge is 0.263 e. The van der Waals surface area contributed by atoms with Gasteiger partial charge < -0.3 is 15.1 Å². The van der Waals surface area contributed by atoms with Crippen molar-refractivity contribution >= 4 is 17.4 Å². The fourth-order valence-corrected chi connectivity index (χ4v) is 3.07. The number of hydrogen-bond donors (Lipinski definition) is 2. The van der Waals surface area contributed by atoms with Crippen LogP contribution in [0.5, 0.6) is 0 Å². The molecule has 0 spiro atoms. The number of ketones is 1. The third-order valence-electron chi connectivity index (χ3n) is 4.26. The number of carbonyl (C=O) groups is 1. The molecule has 2 heterocycles. The molecular weight excluding hydrogens is 371 g/mol. The standard InChI is InChI=1S/C19H20ClFN4O2/c20-17-16(24-18(25-17)12-6-8-13(21)9-7-12)14(22)4-2-1-3-5-15(26)19-23-10-11-27-19/h6-11,14H,1-5,22H2,(H,24,25)/t14-/m0/s1. The average Bonchev–Trinajstić information content (AvgIpc) is 3.31. The van der Waals surface area contributed by atoms with Crippen LogP contribution in [0.2, 0.25) is 5.15 Å². The van der Waals surface area contributed by atoms with Crippen LogP contribution in [0.1, 0.15) is 54.5 Å². The van der Waals surface area contributed by atoms with Gasteiger partial charge in [0.15, 0.2) is 5.15 Å². The van der Waals surface area contributed by atoms with Gasteiger partial charge >= 0.3 is 0 Å². The second-order valence-corrected chi connectivity index (χ2v) is 6.62. The summed E-state index contributed by atoms with van der Waals surface area (Å²) in [6.45, 7) is 0. The Bertz CT molecular complexity index is 878. The van der Waals surface area contributed by atoms with Crippen LogP contribution >= 0.6 is 11.6 Å². The largest absolute Gasteiger partial charge is 0.442 e. The number of unbranched alkanes of at least 4 members (excludes halogenated alkanes) is 2. The molecule has 27 heavy (non-hydrogen) atoms. The normalized spacial score (nSPS) is 12.3. The molecule has 0 bridgehead atoms. The second kappa shape index (κ2) is 8.92. The summed E-state index contributed by atoms with van der Waals surface area (Å²) in [5, 5.41) is 0.320. The van der Waals surface area contributed by atoms with Gasteiger partial charge in [0.2, 0.25) is 5.78 Å². The highest BCUT2D eigenvalue weighted by Gasteiger charge is 2.16. The topological polar surface area (TPSA) is 97.8 Å². The number of halogens is 2. The van der Waals surface area contributed by atoms with Crippen LogP contribution in [0.15, 0.2) is 41.1 Å². The fourth-order valence-electron chi connectivity index (χ4n) is 2.79. The monoisotopic (exact) mass is 390 g/mol. The van der Waals surface area contributed by atoms with Crippen molar-refractivity contribution in [3.8, 4) is 11.4 Å². The zero-order valence-electron chi connectivity index (χ0n) is 14.6. The van der Waals surface area contributed by atoms with Gasteiger partial charge in [-0.1, -0.05) is 24.4 Å². The number of aromatic amines is 1. The third-order valence-corrected chi connectivity index (χ3v) is 4.55. The van der Waals surface area contributed by atoms with Gasteiger partial charge in [-0.15, -0.1) is 0 Å². The number of imidazole rings is 1. The first-order valence-corrected chi connectivity index (χ1v) is 9.12. The molecule has 3 N–H and O–H groups in total. The minimum Gasteiger partial charge on any atom is -0.442 e. The lowest BCUT2D eigenvalue weighted by Crippen LogP contribution is -2.11. The van der Waals surface area contributed by atoms with E-state index in [-0.39, 0.29) is 23.5 Å². The van der Waals surface area contributed by atoms with Crippen molar-refractivity contribution in [2.45, 2.75) is 38.1 Å². The number of nitrogens with one attached hydrogen (secondary N) is 1. The Morgan fingerprint density at radius 3 is 2.74 bits per heavy atom. The van der Waals surface area contributed by atoms with Gasteiger partial charge in [-0.25, -0.2) is 14.4 Å². The Morgan fingerprint density at radius 2 is 2.04 bits per heavy atom. The summed E-state index contributed by atoms with van der Waals surface area (Å²) >= 11 is 6.20. The molecule has 0 aliphatic heterocycles. The van der Waals surface area contributed by atoms with Crippen LogP contribution in [-0.4, -0.2) is 20.7 Å². The summed E-state index contributed by atoms with van der Waals surface area (Å²) in [6, 6.07) is 5.70. The molecule has 0 aliphatic carbocycles. The molecule has 1 aromatic carbocycles. The number of carbonyl (C=O) groups excluding carboxylic acids is 1. The van der Waals surface area contributed by atoms with E-state index in [0.29, 0.717) is 29.5 Å². The highest BCUT2D eigenvalue weighted by molar-refractivity contribution is 6.30. The first kappa shape index (κ1) is 19.3. The van der Waals surface area contributed by atoms with E-state index < -0.39 is 0 Å². The zero-order chi connectivity index (χ0) is 19.2. The lowest BCUT2D eigenvalue weighted by Gasteiger charge is -2.09. The van der Waals surface area contributed by atoms with Gasteiger partial charge in [-0.3, -0.25) is 4.79 Å². The van der Waals surface area contributed by atoms with Gasteiger partial charge in [0, 0.05) is 18.0 Å². The summed E-state index contributed by atoms with van der Waals surface area (Å²) in [7, 11) is 0. The SMILES string of the molecule is N[C@@H](CCCCCC(=O)c1ncco1)c1[nH]c(-c2ccc(F)cc2)nc1Cl. The number of oxazole rings is 1. The molecule has 8 heteroatoms. The van der Waals surface area contributed by atoms with Crippen molar-refractivity contribution in [3.63, 3.8) is 0 Å². The maximum absolute atomic E-state index is 13.0. The van der Waals surface area contributed by atoms with Gasteiger partial charge in [0.25, 0.3) is 5.89 Å². The molecule has 142 valence electrons. The molecule has 0 amide bonds. The van der Waals surface area contributed by atoms with E-state index >= 15 is 0 Å². The molecule has 3 aromatic rings. The number of aromatic nitrogens is 3. The van der Waals surface area contributed by atoms with Crippen molar-refractivity contribution in [1.82, 2.24) is 15.0 Å². The number of Topliss-reactive ketones (excluding diaryl/α,β-unsaturated/α-hetero) is 1. The Hall–Kier alpha value is -2.51. The molecule has 0 saturated carbocycles. The molecule has 2 aromatic heterocycles. The van der Waals surface area contributed by atoms with Crippen LogP contribution in [0.3, 0.4) is 0 Å². The minimum absolute atomic E-state index is 0.0927. The molecule has 3 rings (SSSR count). The molecule has 6 nitrogen and oxygen atoms in total. The van der Waals surface area contributed by atoms with E-state index in [1.807, 2.05) is 0 Å². The Labute approximate surface area is 161 Å². The Kier molecular flexibility index (Phi) is 6.36. The van der Waals surface area contributed by atoms with Crippen LogP contribution < -0.4 is 5.73 Å². The average molecular weight is 391 g/mol. The number of nitrogens with two attached hydrogens (primary N) is 1. The molecule has 0 unspecified atom stereocenters. The molecule has 0 fully saturated rings. The first-order valence-electron chi connectivity index (χ1n) is 8.74. The highest BCUT2D eigenvalue weighted by Crippen LogP contribution is 2.27. The predicted octanol–water partition coefficient (Wildman–Crippen LogP) is 4.69. The Morgan fingerprint density at radius 1 is 1.26 bits per heavy atom. The van der Waals surface area contributed by atoms with Crippen LogP contribution in [0.25, 0.3) is 11.4 Å². The number of H-pyrrole nitrogens is 1. The van der Waals surface area contributed by atoms with Crippen molar-refractivity contribution in [1.29, 1.82) is 0 Å². The number of benzene rings is 1. The van der Waals surface area contributed by atoms with E-state index in [4.69, 9.17) is 21.8 Å². The van der Waals surface area contributed by atoms with Crippen molar-refractivity contribution in [2.24, 2.45) is 5.73 Å². The van der Waals surface area contributed by atoms with E-state index in [1.165, 1.54) is 24.6 Å². The van der Waals surface area contributed by atoms with Gasteiger partial charge in [-0.05, 0) is 37.1 Å². The lowest BCUT2D eigenvalue weighted by molar-refractivity contribution is 0.0945.